The molecule has 1 aromatic carbocycles. The van der Waals surface area contributed by atoms with Crippen LogP contribution in [0.2, 0.25) is 0 Å². The predicted molar refractivity (Wildman–Crippen MR) is 113 cm³/mol. The van der Waals surface area contributed by atoms with E-state index in [9.17, 15) is 4.79 Å². The fraction of sp³-hybridized carbons (Fsp3) is 0.545. The lowest BCUT2D eigenvalue weighted by atomic mass is 9.71. The fourth-order valence-corrected chi connectivity index (χ4v) is 5.37. The van der Waals surface area contributed by atoms with Crippen LogP contribution in [0.3, 0.4) is 0 Å². The second-order valence-electron chi connectivity index (χ2n) is 9.11. The summed E-state index contributed by atoms with van der Waals surface area (Å²) in [6, 6.07) is 4.94. The van der Waals surface area contributed by atoms with E-state index in [1.54, 1.807) is 5.37 Å². The molecule has 1 saturated heterocycles. The summed E-state index contributed by atoms with van der Waals surface area (Å²) in [6.07, 6.45) is 1.82. The number of hydrogen-bond acceptors (Lipinski definition) is 4. The number of thiocarbonyl (C=S) groups is 1. The van der Waals surface area contributed by atoms with E-state index in [1.807, 2.05) is 0 Å². The quantitative estimate of drug-likeness (QED) is 0.629. The highest BCUT2D eigenvalue weighted by molar-refractivity contribution is 7.79. The number of piperidine rings is 1. The van der Waals surface area contributed by atoms with Crippen LogP contribution >= 0.6 is 12.2 Å². The number of rotatable bonds is 2. The second-order valence-corrected chi connectivity index (χ2v) is 9.35. The summed E-state index contributed by atoms with van der Waals surface area (Å²) in [4.78, 5) is 18.2. The maximum Gasteiger partial charge on any atom is 0.309 e. The van der Waals surface area contributed by atoms with E-state index in [-0.39, 0.29) is 17.3 Å². The van der Waals surface area contributed by atoms with Crippen molar-refractivity contribution in [3.8, 4) is 0 Å². The van der Waals surface area contributed by atoms with Gasteiger partial charge in [-0.1, -0.05) is 45.1 Å². The largest absolute Gasteiger partial charge is 0.469 e. The van der Waals surface area contributed by atoms with Crippen LogP contribution in [-0.2, 0) is 21.4 Å². The highest BCUT2D eigenvalue weighted by Gasteiger charge is 2.43. The van der Waals surface area contributed by atoms with E-state index in [2.05, 4.69) is 49.8 Å². The summed E-state index contributed by atoms with van der Waals surface area (Å²) in [6.45, 7) is 7.49. The van der Waals surface area contributed by atoms with Gasteiger partial charge in [0.05, 0.1) is 24.2 Å². The van der Waals surface area contributed by atoms with Gasteiger partial charge < -0.3 is 14.6 Å². The molecule has 1 aromatic heterocycles. The van der Waals surface area contributed by atoms with Gasteiger partial charge in [-0.2, -0.15) is 0 Å². The lowest BCUT2D eigenvalue weighted by Crippen LogP contribution is -2.49. The number of methoxy groups -OCH3 is 1. The van der Waals surface area contributed by atoms with Crippen molar-refractivity contribution in [3.05, 3.63) is 34.5 Å². The number of carbonyl (C=O) groups excluding carboxylic acids is 1. The van der Waals surface area contributed by atoms with Gasteiger partial charge in [0, 0.05) is 29.3 Å². The Morgan fingerprint density at radius 2 is 2.11 bits per heavy atom. The van der Waals surface area contributed by atoms with Crippen molar-refractivity contribution in [3.63, 3.8) is 0 Å². The van der Waals surface area contributed by atoms with Gasteiger partial charge in [-0.15, -0.1) is 0 Å². The molecule has 1 N–H and O–H groups in total. The first kappa shape index (κ1) is 18.6. The van der Waals surface area contributed by atoms with Crippen LogP contribution < -0.4 is 0 Å². The number of benzene rings is 1. The molecule has 0 radical (unpaired) electrons. The van der Waals surface area contributed by atoms with E-state index < -0.39 is 0 Å². The Kier molecular flexibility index (Phi) is 4.43. The summed E-state index contributed by atoms with van der Waals surface area (Å²) >= 11 is 5.33. The number of aromatic nitrogens is 1. The summed E-state index contributed by atoms with van der Waals surface area (Å²) in [7, 11) is 3.61. The van der Waals surface area contributed by atoms with E-state index >= 15 is 0 Å². The number of hydrogen-bond donors (Lipinski definition) is 1. The van der Waals surface area contributed by atoms with Crippen molar-refractivity contribution in [1.29, 1.82) is 0 Å². The molecule has 0 amide bonds. The van der Waals surface area contributed by atoms with Crippen molar-refractivity contribution in [2.75, 3.05) is 20.7 Å². The van der Waals surface area contributed by atoms with Crippen LogP contribution in [0.5, 0.6) is 0 Å². The smallest absolute Gasteiger partial charge is 0.309 e. The number of likely N-dealkylation sites (N-methyl/N-ethyl adjacent to an activating group) is 1. The van der Waals surface area contributed by atoms with Gasteiger partial charge in [-0.25, -0.2) is 0 Å². The highest BCUT2D eigenvalue weighted by atomic mass is 32.1. The van der Waals surface area contributed by atoms with Crippen LogP contribution in [0.4, 0.5) is 0 Å². The molecule has 5 heteroatoms. The molecule has 3 atom stereocenters. The number of likely N-dealkylation sites (tertiary alicyclic amines) is 1. The molecule has 144 valence electrons. The minimum atomic E-state index is -0.0951. The summed E-state index contributed by atoms with van der Waals surface area (Å²) < 4.78 is 5.06. The zero-order valence-electron chi connectivity index (χ0n) is 16.8. The average Bonchev–Trinajstić information content (AvgIpc) is 3.00. The number of nitrogens with zero attached hydrogens (tertiary/aromatic N) is 1. The first-order chi connectivity index (χ1) is 12.8. The topological polar surface area (TPSA) is 45.3 Å². The Balaban J connectivity index is 1.90. The van der Waals surface area contributed by atoms with E-state index in [0.29, 0.717) is 12.0 Å². The number of esters is 1. The third-order valence-electron chi connectivity index (χ3n) is 6.47. The van der Waals surface area contributed by atoms with Crippen LogP contribution in [0, 0.1) is 5.92 Å². The molecule has 4 rings (SSSR count). The summed E-state index contributed by atoms with van der Waals surface area (Å²) in [5.74, 6) is 0.178. The van der Waals surface area contributed by atoms with Gasteiger partial charge in [0.15, 0.2) is 0 Å². The minimum absolute atomic E-state index is 0.0497. The Morgan fingerprint density at radius 3 is 2.74 bits per heavy atom. The molecular formula is C22H28N2O2S. The second kappa shape index (κ2) is 6.42. The number of ether oxygens (including phenoxy) is 1. The molecule has 0 saturated carbocycles. The SMILES string of the molecule is COC(=O)[C@H]1CC2c3ccc(C(C)(C)C)c4[nH]c(C=S)c(c34)C[C@H]2N(C)C1. The zero-order chi connectivity index (χ0) is 19.5. The summed E-state index contributed by atoms with van der Waals surface area (Å²) in [5, 5.41) is 3.12. The third-order valence-corrected chi connectivity index (χ3v) is 6.71. The lowest BCUT2D eigenvalue weighted by molar-refractivity contribution is -0.148. The molecule has 1 aliphatic carbocycles. The predicted octanol–water partition coefficient (Wildman–Crippen LogP) is 3.95. The molecule has 2 aromatic rings. The summed E-state index contributed by atoms with van der Waals surface area (Å²) in [5.41, 5.74) is 6.34. The molecule has 4 nitrogen and oxygen atoms in total. The van der Waals surface area contributed by atoms with E-state index in [1.165, 1.54) is 34.7 Å². The first-order valence-corrected chi connectivity index (χ1v) is 10.1. The van der Waals surface area contributed by atoms with Crippen LogP contribution in [-0.4, -0.2) is 48.0 Å². The van der Waals surface area contributed by atoms with Crippen LogP contribution in [0.25, 0.3) is 10.9 Å². The molecule has 1 aliphatic heterocycles. The van der Waals surface area contributed by atoms with Gasteiger partial charge in [0.1, 0.15) is 0 Å². The number of carbonyl (C=O) groups is 1. The fourth-order valence-electron chi connectivity index (χ4n) is 5.17. The number of nitrogens with one attached hydrogen (secondary N) is 1. The normalized spacial score (nSPS) is 25.3. The van der Waals surface area contributed by atoms with Crippen molar-refractivity contribution in [2.24, 2.45) is 5.92 Å². The van der Waals surface area contributed by atoms with E-state index in [4.69, 9.17) is 17.0 Å². The maximum absolute atomic E-state index is 12.2. The van der Waals surface area contributed by atoms with Crippen molar-refractivity contribution in [1.82, 2.24) is 9.88 Å². The molecule has 1 unspecified atom stereocenters. The Hall–Kier alpha value is -1.72. The van der Waals surface area contributed by atoms with E-state index in [0.717, 1.165) is 25.1 Å². The van der Waals surface area contributed by atoms with Gasteiger partial charge in [0.25, 0.3) is 0 Å². The molecule has 2 aliphatic rings. The molecule has 0 spiro atoms. The highest BCUT2D eigenvalue weighted by Crippen LogP contribution is 2.47. The van der Waals surface area contributed by atoms with Gasteiger partial charge >= 0.3 is 5.97 Å². The third kappa shape index (κ3) is 2.83. The number of H-pyrrole nitrogens is 1. The molecule has 1 fully saturated rings. The number of aromatic amines is 1. The average molecular weight is 385 g/mol. The number of fused-ring (bicyclic) bond motifs is 2. The Labute approximate surface area is 166 Å². The standard InChI is InChI=1S/C22H28N2O2S/c1-22(2,3)16-7-6-13-14-8-12(21(25)26-5)10-24(4)18(14)9-15-17(11-27)23-20(16)19(13)15/h6-7,11-12,14,18,23H,8-10H2,1-5H3/t12-,14?,18+/m0/s1. The Morgan fingerprint density at radius 1 is 1.37 bits per heavy atom. The van der Waals surface area contributed by atoms with Crippen molar-refractivity contribution >= 4 is 34.5 Å². The zero-order valence-corrected chi connectivity index (χ0v) is 17.6. The molecule has 27 heavy (non-hydrogen) atoms. The van der Waals surface area contributed by atoms with Crippen LogP contribution in [0.15, 0.2) is 12.1 Å². The Bertz CT molecular complexity index is 925. The van der Waals surface area contributed by atoms with Gasteiger partial charge in [0.2, 0.25) is 0 Å². The lowest BCUT2D eigenvalue weighted by Gasteiger charge is -2.45. The van der Waals surface area contributed by atoms with Crippen molar-refractivity contribution < 1.29 is 9.53 Å². The monoisotopic (exact) mass is 384 g/mol. The van der Waals surface area contributed by atoms with Gasteiger partial charge in [-0.3, -0.25) is 4.79 Å². The molecular weight excluding hydrogens is 356 g/mol. The molecule has 0 bridgehead atoms. The first-order valence-electron chi connectivity index (χ1n) is 9.67. The van der Waals surface area contributed by atoms with Crippen molar-refractivity contribution in [2.45, 2.75) is 51.0 Å². The molecule has 2 heterocycles. The maximum atomic E-state index is 12.2. The minimum Gasteiger partial charge on any atom is -0.469 e. The van der Waals surface area contributed by atoms with Gasteiger partial charge in [-0.05, 0) is 42.0 Å². The van der Waals surface area contributed by atoms with Crippen LogP contribution in [0.1, 0.15) is 55.5 Å².